The molecule has 2 aromatic carbocycles. The number of hydrogen-bond donors (Lipinski definition) is 3. The highest BCUT2D eigenvalue weighted by Crippen LogP contribution is 2.26. The number of alkyl carbamates (subject to hydrolysis) is 1. The Hall–Kier alpha value is -3.83. The predicted octanol–water partition coefficient (Wildman–Crippen LogP) is 3.58. The van der Waals surface area contributed by atoms with Gasteiger partial charge in [-0.05, 0) is 44.4 Å². The van der Waals surface area contributed by atoms with E-state index in [1.54, 1.807) is 45.0 Å². The fraction of sp³-hybridized carbons (Fsp3) is 0.433. The Kier molecular flexibility index (Phi) is 11.8. The first-order valence-electron chi connectivity index (χ1n) is 12.9. The van der Waals surface area contributed by atoms with Crippen LogP contribution in [0.15, 0.2) is 54.6 Å². The van der Waals surface area contributed by atoms with Crippen LogP contribution in [-0.4, -0.2) is 59.3 Å². The Bertz CT molecular complexity index is 1100. The van der Waals surface area contributed by atoms with E-state index in [1.807, 2.05) is 37.3 Å². The van der Waals surface area contributed by atoms with Crippen LogP contribution in [0.25, 0.3) is 0 Å². The molecule has 3 amide bonds. The summed E-state index contributed by atoms with van der Waals surface area (Å²) >= 11 is 0. The van der Waals surface area contributed by atoms with E-state index in [0.717, 1.165) is 18.4 Å². The molecule has 8 nitrogen and oxygen atoms in total. The first-order chi connectivity index (χ1) is 18.1. The second-order valence-electron chi connectivity index (χ2n) is 9.92. The summed E-state index contributed by atoms with van der Waals surface area (Å²) in [5.41, 5.74) is 0.946. The van der Waals surface area contributed by atoms with Gasteiger partial charge in [0.15, 0.2) is 0 Å². The van der Waals surface area contributed by atoms with E-state index in [0.29, 0.717) is 17.7 Å². The molecule has 2 atom stereocenters. The van der Waals surface area contributed by atoms with Crippen molar-refractivity contribution in [3.8, 4) is 12.3 Å². The molecule has 204 valence electrons. The smallest absolute Gasteiger partial charge is 0.408 e. The van der Waals surface area contributed by atoms with E-state index in [9.17, 15) is 19.5 Å². The number of terminal acetylenes is 1. The van der Waals surface area contributed by atoms with Crippen LogP contribution in [0.3, 0.4) is 0 Å². The summed E-state index contributed by atoms with van der Waals surface area (Å²) in [6.45, 7) is 7.08. The van der Waals surface area contributed by atoms with E-state index < -0.39 is 42.2 Å². The van der Waals surface area contributed by atoms with Gasteiger partial charge in [0.1, 0.15) is 17.7 Å². The largest absolute Gasteiger partial charge is 0.444 e. The lowest BCUT2D eigenvalue weighted by Crippen LogP contribution is -2.54. The maximum atomic E-state index is 14.1. The second-order valence-corrected chi connectivity index (χ2v) is 9.92. The molecule has 0 spiro atoms. The van der Waals surface area contributed by atoms with Crippen molar-refractivity contribution in [2.45, 2.75) is 64.6 Å². The molecule has 38 heavy (non-hydrogen) atoms. The number of carbonyl (C=O) groups is 3. The van der Waals surface area contributed by atoms with Crippen molar-refractivity contribution >= 4 is 17.9 Å². The monoisotopic (exact) mass is 521 g/mol. The molecule has 0 fully saturated rings. The highest BCUT2D eigenvalue weighted by Gasteiger charge is 2.37. The van der Waals surface area contributed by atoms with Crippen LogP contribution in [0.2, 0.25) is 0 Å². The standard InChI is InChI=1S/C30H39N3O5/c1-6-8-18-31-27(35)26(24-17-13-12-16-23(24)7-2)33(19-20-34)28(36)25(21-22-14-10-9-11-15-22)32-29(37)38-30(3,4)5/h2,9-17,25-26,34H,6,8,18-21H2,1,3-5H3,(H,31,35)(H,32,37). The lowest BCUT2D eigenvalue weighted by atomic mass is 9.96. The molecular formula is C30H39N3O5. The zero-order valence-corrected chi connectivity index (χ0v) is 22.7. The third-order valence-corrected chi connectivity index (χ3v) is 5.70. The van der Waals surface area contributed by atoms with Gasteiger partial charge in [-0.15, -0.1) is 6.42 Å². The van der Waals surface area contributed by atoms with Crippen molar-refractivity contribution in [2.75, 3.05) is 19.7 Å². The first-order valence-corrected chi connectivity index (χ1v) is 12.9. The van der Waals surface area contributed by atoms with Crippen LogP contribution >= 0.6 is 0 Å². The number of benzene rings is 2. The normalized spacial score (nSPS) is 12.5. The second kappa shape index (κ2) is 14.8. The molecule has 2 aromatic rings. The van der Waals surface area contributed by atoms with Gasteiger partial charge in [0.2, 0.25) is 11.8 Å². The zero-order chi connectivity index (χ0) is 28.1. The number of nitrogens with zero attached hydrogens (tertiary/aromatic N) is 1. The summed E-state index contributed by atoms with van der Waals surface area (Å²) < 4.78 is 5.41. The number of aliphatic hydroxyl groups is 1. The molecule has 0 aromatic heterocycles. The molecule has 0 aliphatic rings. The first kappa shape index (κ1) is 30.4. The van der Waals surface area contributed by atoms with E-state index in [2.05, 4.69) is 16.6 Å². The minimum Gasteiger partial charge on any atom is -0.444 e. The zero-order valence-electron chi connectivity index (χ0n) is 22.7. The number of ether oxygens (including phenoxy) is 1. The third kappa shape index (κ3) is 9.24. The fourth-order valence-corrected chi connectivity index (χ4v) is 3.98. The molecule has 8 heteroatoms. The molecule has 0 bridgehead atoms. The Morgan fingerprint density at radius 2 is 1.74 bits per heavy atom. The van der Waals surface area contributed by atoms with Gasteiger partial charge in [0.25, 0.3) is 0 Å². The van der Waals surface area contributed by atoms with Crippen molar-refractivity contribution < 1.29 is 24.2 Å². The number of rotatable bonds is 12. The Labute approximate surface area is 225 Å². The summed E-state index contributed by atoms with van der Waals surface area (Å²) in [7, 11) is 0. The molecule has 2 rings (SSSR count). The quantitative estimate of drug-likeness (QED) is 0.292. The van der Waals surface area contributed by atoms with Crippen molar-refractivity contribution in [1.82, 2.24) is 15.5 Å². The summed E-state index contributed by atoms with van der Waals surface area (Å²) in [5.74, 6) is 1.63. The predicted molar refractivity (Wildman–Crippen MR) is 147 cm³/mol. The van der Waals surface area contributed by atoms with Gasteiger partial charge in [0, 0.05) is 25.1 Å². The van der Waals surface area contributed by atoms with Crippen molar-refractivity contribution in [3.63, 3.8) is 0 Å². The Morgan fingerprint density at radius 3 is 2.34 bits per heavy atom. The lowest BCUT2D eigenvalue weighted by molar-refractivity contribution is -0.143. The maximum Gasteiger partial charge on any atom is 0.408 e. The molecule has 2 unspecified atom stereocenters. The molecule has 0 aliphatic heterocycles. The number of nitrogens with one attached hydrogen (secondary N) is 2. The third-order valence-electron chi connectivity index (χ3n) is 5.70. The van der Waals surface area contributed by atoms with Crippen molar-refractivity contribution in [1.29, 1.82) is 0 Å². The van der Waals surface area contributed by atoms with Gasteiger partial charge in [-0.1, -0.05) is 67.8 Å². The van der Waals surface area contributed by atoms with Crippen LogP contribution < -0.4 is 10.6 Å². The number of hydrogen-bond acceptors (Lipinski definition) is 5. The SMILES string of the molecule is C#Cc1ccccc1C(C(=O)NCCCC)N(CCO)C(=O)C(Cc1ccccc1)NC(=O)OC(C)(C)C. The minimum atomic E-state index is -1.11. The number of amides is 3. The highest BCUT2D eigenvalue weighted by molar-refractivity contribution is 5.92. The van der Waals surface area contributed by atoms with E-state index in [4.69, 9.17) is 11.2 Å². The van der Waals surface area contributed by atoms with Crippen LogP contribution in [0.5, 0.6) is 0 Å². The van der Waals surface area contributed by atoms with Crippen LogP contribution in [0.4, 0.5) is 4.79 Å². The summed E-state index contributed by atoms with van der Waals surface area (Å²) in [6, 6.07) is 13.9. The molecule has 0 aliphatic carbocycles. The van der Waals surface area contributed by atoms with Gasteiger partial charge in [-0.25, -0.2) is 4.79 Å². The Balaban J connectivity index is 2.53. The van der Waals surface area contributed by atoms with E-state index >= 15 is 0 Å². The summed E-state index contributed by atoms with van der Waals surface area (Å²) in [6.07, 6.45) is 6.78. The van der Waals surface area contributed by atoms with Crippen molar-refractivity contribution in [3.05, 3.63) is 71.3 Å². The van der Waals surface area contributed by atoms with Crippen LogP contribution in [0.1, 0.15) is 63.3 Å². The minimum absolute atomic E-state index is 0.148. The summed E-state index contributed by atoms with van der Waals surface area (Å²) in [4.78, 5) is 41.6. The van der Waals surface area contributed by atoms with Gasteiger partial charge in [-0.3, -0.25) is 9.59 Å². The van der Waals surface area contributed by atoms with Gasteiger partial charge < -0.3 is 25.4 Å². The molecule has 0 saturated carbocycles. The molecule has 0 heterocycles. The molecular weight excluding hydrogens is 482 g/mol. The molecule has 0 saturated heterocycles. The van der Waals surface area contributed by atoms with Gasteiger partial charge >= 0.3 is 6.09 Å². The average molecular weight is 522 g/mol. The highest BCUT2D eigenvalue weighted by atomic mass is 16.6. The maximum absolute atomic E-state index is 14.1. The van der Waals surface area contributed by atoms with E-state index in [1.165, 1.54) is 4.90 Å². The van der Waals surface area contributed by atoms with Crippen molar-refractivity contribution in [2.24, 2.45) is 0 Å². The van der Waals surface area contributed by atoms with Gasteiger partial charge in [-0.2, -0.15) is 0 Å². The van der Waals surface area contributed by atoms with E-state index in [-0.39, 0.29) is 13.0 Å². The fourth-order valence-electron chi connectivity index (χ4n) is 3.98. The molecule has 3 N–H and O–H groups in total. The number of unbranched alkanes of at least 4 members (excludes halogenated alkanes) is 1. The average Bonchev–Trinajstić information content (AvgIpc) is 2.87. The molecule has 0 radical (unpaired) electrons. The summed E-state index contributed by atoms with van der Waals surface area (Å²) in [5, 5.41) is 15.5. The number of carbonyl (C=O) groups excluding carboxylic acids is 3. The Morgan fingerprint density at radius 1 is 1.08 bits per heavy atom. The van der Waals surface area contributed by atoms with Gasteiger partial charge in [0.05, 0.1) is 6.61 Å². The van der Waals surface area contributed by atoms with Crippen LogP contribution in [0, 0.1) is 12.3 Å². The van der Waals surface area contributed by atoms with Crippen LogP contribution in [-0.2, 0) is 20.7 Å². The topological polar surface area (TPSA) is 108 Å². The lowest BCUT2D eigenvalue weighted by Gasteiger charge is -2.34. The number of aliphatic hydroxyl groups excluding tert-OH is 1.